The first-order chi connectivity index (χ1) is 8.58. The van der Waals surface area contributed by atoms with Gasteiger partial charge in [-0.2, -0.15) is 5.10 Å². The fraction of sp³-hybridized carbons (Fsp3) is 0.250. The van der Waals surface area contributed by atoms with E-state index in [-0.39, 0.29) is 0 Å². The molecule has 0 spiro atoms. The van der Waals surface area contributed by atoms with Gasteiger partial charge in [0, 0.05) is 12.4 Å². The molecule has 0 aliphatic rings. The van der Waals surface area contributed by atoms with E-state index in [1.54, 1.807) is 36.9 Å². The predicted molar refractivity (Wildman–Crippen MR) is 66.1 cm³/mol. The monoisotopic (exact) mass is 247 g/mol. The number of hydrogen-bond acceptors (Lipinski definition) is 5. The maximum atomic E-state index is 11.4. The van der Waals surface area contributed by atoms with E-state index in [1.807, 2.05) is 0 Å². The van der Waals surface area contributed by atoms with Crippen molar-refractivity contribution in [3.8, 4) is 0 Å². The average Bonchev–Trinajstić information content (AvgIpc) is 2.74. The van der Waals surface area contributed by atoms with E-state index in [9.17, 15) is 4.79 Å². The van der Waals surface area contributed by atoms with Gasteiger partial charge in [0.1, 0.15) is 11.4 Å². The van der Waals surface area contributed by atoms with Crippen LogP contribution in [0.1, 0.15) is 23.0 Å². The zero-order valence-corrected chi connectivity index (χ0v) is 10.3. The van der Waals surface area contributed by atoms with Gasteiger partial charge < -0.3 is 9.94 Å². The first-order valence-electron chi connectivity index (χ1n) is 5.32. The van der Waals surface area contributed by atoms with Crippen molar-refractivity contribution in [2.24, 2.45) is 12.2 Å². The minimum atomic E-state index is -0.396. The van der Waals surface area contributed by atoms with Crippen molar-refractivity contribution in [1.29, 1.82) is 0 Å². The van der Waals surface area contributed by atoms with Crippen molar-refractivity contribution in [3.63, 3.8) is 0 Å². The average molecular weight is 247 g/mol. The lowest BCUT2D eigenvalue weighted by molar-refractivity contribution is 0.0601. The summed E-state index contributed by atoms with van der Waals surface area (Å²) in [5.74, 6) is -0.396. The van der Waals surface area contributed by atoms with Crippen molar-refractivity contribution >= 4 is 22.6 Å². The molecule has 0 bridgehead atoms. The van der Waals surface area contributed by atoms with Crippen LogP contribution in [0.5, 0.6) is 0 Å². The van der Waals surface area contributed by atoms with Gasteiger partial charge in [0.15, 0.2) is 0 Å². The van der Waals surface area contributed by atoms with Gasteiger partial charge in [-0.15, -0.1) is 0 Å². The normalized spacial score (nSPS) is 11.8. The number of aromatic nitrogens is 2. The number of nitrogens with zero attached hydrogens (tertiary/aromatic N) is 3. The van der Waals surface area contributed by atoms with Crippen LogP contribution in [0.2, 0.25) is 0 Å². The van der Waals surface area contributed by atoms with E-state index in [0.717, 1.165) is 10.9 Å². The number of carbonyl (C=O) groups is 1. The van der Waals surface area contributed by atoms with Crippen molar-refractivity contribution in [2.75, 3.05) is 7.11 Å². The minimum Gasteiger partial charge on any atom is -0.465 e. The quantitative estimate of drug-likeness (QED) is 0.378. The molecule has 0 fully saturated rings. The summed E-state index contributed by atoms with van der Waals surface area (Å²) in [5, 5.41) is 17.0. The number of ether oxygens (including phenoxy) is 1. The molecule has 0 radical (unpaired) electrons. The third kappa shape index (κ3) is 1.81. The van der Waals surface area contributed by atoms with Crippen LogP contribution in [-0.4, -0.2) is 33.8 Å². The lowest BCUT2D eigenvalue weighted by atomic mass is 10.1. The summed E-state index contributed by atoms with van der Waals surface area (Å²) in [6, 6.07) is 5.12. The van der Waals surface area contributed by atoms with E-state index in [2.05, 4.69) is 15.0 Å². The Hall–Kier alpha value is -2.37. The Morgan fingerprint density at radius 2 is 2.22 bits per heavy atom. The van der Waals surface area contributed by atoms with Crippen molar-refractivity contribution in [2.45, 2.75) is 6.92 Å². The standard InChI is InChI=1S/C12H13N3O3/c1-7(14-17)11-9-5-4-8(12(16)18-3)6-10(9)15(2)13-11/h4-6,17H,1-3H3/b14-7-. The number of carbonyl (C=O) groups excluding carboxylic acids is 1. The molecule has 1 N–H and O–H groups in total. The molecule has 1 aromatic carbocycles. The van der Waals surface area contributed by atoms with Gasteiger partial charge in [-0.05, 0) is 25.1 Å². The lowest BCUT2D eigenvalue weighted by Crippen LogP contribution is -2.01. The van der Waals surface area contributed by atoms with Gasteiger partial charge >= 0.3 is 5.97 Å². The van der Waals surface area contributed by atoms with Crippen LogP contribution in [0.15, 0.2) is 23.4 Å². The number of fused-ring (bicyclic) bond motifs is 1. The molecule has 0 amide bonds. The molecule has 1 heterocycles. The van der Waals surface area contributed by atoms with Crippen molar-refractivity contribution in [1.82, 2.24) is 9.78 Å². The SMILES string of the molecule is COC(=O)c1ccc2c(/C(C)=N\O)nn(C)c2c1. The second kappa shape index (κ2) is 4.48. The molecule has 6 heteroatoms. The first kappa shape index (κ1) is 12.1. The minimum absolute atomic E-state index is 0.396. The molecule has 2 aromatic rings. The van der Waals surface area contributed by atoms with E-state index < -0.39 is 5.97 Å². The molecule has 94 valence electrons. The van der Waals surface area contributed by atoms with Gasteiger partial charge in [-0.1, -0.05) is 5.16 Å². The van der Waals surface area contributed by atoms with Crippen LogP contribution in [0.25, 0.3) is 10.9 Å². The molecule has 0 aliphatic carbocycles. The number of methoxy groups -OCH3 is 1. The van der Waals surface area contributed by atoms with Gasteiger partial charge in [0.05, 0.1) is 18.2 Å². The number of hydrogen-bond donors (Lipinski definition) is 1. The Balaban J connectivity index is 2.66. The van der Waals surface area contributed by atoms with E-state index in [0.29, 0.717) is 17.0 Å². The molecule has 0 aliphatic heterocycles. The molecule has 2 rings (SSSR count). The zero-order valence-electron chi connectivity index (χ0n) is 10.3. The van der Waals surface area contributed by atoms with Crippen LogP contribution in [0, 0.1) is 0 Å². The van der Waals surface area contributed by atoms with E-state index in [1.165, 1.54) is 7.11 Å². The van der Waals surface area contributed by atoms with Gasteiger partial charge in [0.25, 0.3) is 0 Å². The molecule has 6 nitrogen and oxygen atoms in total. The molecule has 0 saturated carbocycles. The fourth-order valence-electron chi connectivity index (χ4n) is 1.82. The Morgan fingerprint density at radius 3 is 2.83 bits per heavy atom. The third-order valence-electron chi connectivity index (χ3n) is 2.77. The second-order valence-electron chi connectivity index (χ2n) is 3.88. The summed E-state index contributed by atoms with van der Waals surface area (Å²) in [4.78, 5) is 11.4. The summed E-state index contributed by atoms with van der Waals surface area (Å²) >= 11 is 0. The highest BCUT2D eigenvalue weighted by Crippen LogP contribution is 2.20. The Bertz CT molecular complexity index is 643. The number of rotatable bonds is 2. The van der Waals surface area contributed by atoms with Crippen LogP contribution in [0.4, 0.5) is 0 Å². The summed E-state index contributed by atoms with van der Waals surface area (Å²) in [7, 11) is 3.10. The smallest absolute Gasteiger partial charge is 0.337 e. The molecule has 0 saturated heterocycles. The van der Waals surface area contributed by atoms with Gasteiger partial charge in [-0.25, -0.2) is 4.79 Å². The van der Waals surface area contributed by atoms with Crippen LogP contribution < -0.4 is 0 Å². The first-order valence-corrected chi connectivity index (χ1v) is 5.32. The molecule has 0 unspecified atom stereocenters. The second-order valence-corrected chi connectivity index (χ2v) is 3.88. The number of esters is 1. The van der Waals surface area contributed by atoms with Crippen molar-refractivity contribution in [3.05, 3.63) is 29.5 Å². The fourth-order valence-corrected chi connectivity index (χ4v) is 1.82. The summed E-state index contributed by atoms with van der Waals surface area (Å²) in [6.07, 6.45) is 0. The van der Waals surface area contributed by atoms with Crippen molar-refractivity contribution < 1.29 is 14.7 Å². The van der Waals surface area contributed by atoms with E-state index in [4.69, 9.17) is 5.21 Å². The Labute approximate surface area is 103 Å². The molecule has 0 atom stereocenters. The maximum absolute atomic E-state index is 11.4. The highest BCUT2D eigenvalue weighted by Gasteiger charge is 2.14. The van der Waals surface area contributed by atoms with Crippen LogP contribution in [-0.2, 0) is 11.8 Å². The van der Waals surface area contributed by atoms with Crippen LogP contribution in [0.3, 0.4) is 0 Å². The highest BCUT2D eigenvalue weighted by molar-refractivity contribution is 6.08. The number of oxime groups is 1. The zero-order chi connectivity index (χ0) is 13.3. The topological polar surface area (TPSA) is 76.7 Å². The van der Waals surface area contributed by atoms with E-state index >= 15 is 0 Å². The molecular weight excluding hydrogens is 234 g/mol. The summed E-state index contributed by atoms with van der Waals surface area (Å²) < 4.78 is 6.30. The molecular formula is C12H13N3O3. The van der Waals surface area contributed by atoms with Gasteiger partial charge in [0.2, 0.25) is 0 Å². The lowest BCUT2D eigenvalue weighted by Gasteiger charge is -2.00. The predicted octanol–water partition coefficient (Wildman–Crippen LogP) is 1.56. The van der Waals surface area contributed by atoms with Crippen LogP contribution >= 0.6 is 0 Å². The maximum Gasteiger partial charge on any atom is 0.337 e. The number of aryl methyl sites for hydroxylation is 1. The number of benzene rings is 1. The highest BCUT2D eigenvalue weighted by atomic mass is 16.5. The molecule has 1 aromatic heterocycles. The summed E-state index contributed by atoms with van der Waals surface area (Å²) in [6.45, 7) is 1.66. The largest absolute Gasteiger partial charge is 0.465 e. The summed E-state index contributed by atoms with van der Waals surface area (Å²) in [5.41, 5.74) is 2.24. The third-order valence-corrected chi connectivity index (χ3v) is 2.77. The Morgan fingerprint density at radius 1 is 1.50 bits per heavy atom. The molecule has 18 heavy (non-hydrogen) atoms. The Kier molecular flexibility index (Phi) is 3.01. The van der Waals surface area contributed by atoms with Gasteiger partial charge in [-0.3, -0.25) is 4.68 Å².